The maximum atomic E-state index is 13.9. The molecule has 2 aliphatic rings. The predicted molar refractivity (Wildman–Crippen MR) is 96.9 cm³/mol. The number of phenolic OH excluding ortho intramolecular Hbond substituents is 1. The quantitative estimate of drug-likeness (QED) is 0.666. The summed E-state index contributed by atoms with van der Waals surface area (Å²) in [7, 11) is 0. The van der Waals surface area contributed by atoms with Crippen LogP contribution in [0.25, 0.3) is 0 Å². The Morgan fingerprint density at radius 2 is 2.10 bits per heavy atom. The molecule has 1 fully saturated rings. The number of fused-ring (bicyclic) bond motifs is 2. The van der Waals surface area contributed by atoms with Crippen LogP contribution in [0.3, 0.4) is 0 Å². The van der Waals surface area contributed by atoms with Crippen molar-refractivity contribution in [2.24, 2.45) is 0 Å². The van der Waals surface area contributed by atoms with E-state index in [2.05, 4.69) is 5.32 Å². The Kier molecular flexibility index (Phi) is 3.86. The summed E-state index contributed by atoms with van der Waals surface area (Å²) < 4.78 is 56.4. The first-order chi connectivity index (χ1) is 15.4. The van der Waals surface area contributed by atoms with Crippen LogP contribution in [-0.2, 0) is 17.8 Å². The van der Waals surface area contributed by atoms with Crippen LogP contribution in [0.1, 0.15) is 37.4 Å². The first-order valence-corrected chi connectivity index (χ1v) is 8.76. The third-order valence-corrected chi connectivity index (χ3v) is 4.97. The molecule has 11 heteroatoms. The lowest BCUT2D eigenvalue weighted by molar-refractivity contribution is 0.00624. The number of carbonyl (C=O) groups excluding carboxylic acids is 2. The van der Waals surface area contributed by atoms with E-state index in [9.17, 15) is 33.4 Å². The zero-order chi connectivity index (χ0) is 24.2. The van der Waals surface area contributed by atoms with Crippen LogP contribution in [0.15, 0.2) is 23.1 Å². The maximum Gasteiger partial charge on any atom is 0.276 e. The minimum atomic E-state index is -2.55. The van der Waals surface area contributed by atoms with Gasteiger partial charge in [0.25, 0.3) is 11.8 Å². The Labute approximate surface area is 172 Å². The summed E-state index contributed by atoms with van der Waals surface area (Å²) in [6, 6.07) is 0.530. The number of aromatic hydroxyl groups is 2. The molecule has 2 amide bonds. The summed E-state index contributed by atoms with van der Waals surface area (Å²) in [5, 5.41) is 21.9. The van der Waals surface area contributed by atoms with Crippen LogP contribution in [0.2, 0.25) is 0 Å². The molecule has 2 atom stereocenters. The van der Waals surface area contributed by atoms with Crippen LogP contribution >= 0.6 is 0 Å². The normalized spacial score (nSPS) is 22.0. The average Bonchev–Trinajstić information content (AvgIpc) is 3.18. The van der Waals surface area contributed by atoms with E-state index >= 15 is 0 Å². The largest absolute Gasteiger partial charge is 0.503 e. The third-order valence-electron chi connectivity index (χ3n) is 4.97. The van der Waals surface area contributed by atoms with Gasteiger partial charge in [0.1, 0.15) is 5.56 Å². The fourth-order valence-electron chi connectivity index (χ4n) is 3.44. The topological polar surface area (TPSA) is 121 Å². The fourth-order valence-corrected chi connectivity index (χ4v) is 3.44. The molecule has 30 heavy (non-hydrogen) atoms. The van der Waals surface area contributed by atoms with Gasteiger partial charge in [0.05, 0.1) is 19.2 Å². The van der Waals surface area contributed by atoms with Crippen molar-refractivity contribution in [3.05, 3.63) is 57.0 Å². The van der Waals surface area contributed by atoms with Gasteiger partial charge < -0.3 is 29.7 Å². The molecule has 1 aromatic heterocycles. The van der Waals surface area contributed by atoms with Crippen molar-refractivity contribution < 1.29 is 37.4 Å². The van der Waals surface area contributed by atoms with Gasteiger partial charge in [-0.15, -0.1) is 0 Å². The number of benzene rings is 1. The highest BCUT2D eigenvalue weighted by atomic mass is 19.1. The molecule has 0 bridgehead atoms. The molecule has 0 spiro atoms. The minimum Gasteiger partial charge on any atom is -0.503 e. The fraction of sp³-hybridized carbons (Fsp3) is 0.316. The minimum absolute atomic E-state index is 0.151. The molecular formula is C19H17F2N3O6. The smallest absolute Gasteiger partial charge is 0.276 e. The standard InChI is InChI=1S/C19H17F2N3O6/c1-8-7-30-12-6-23-5-10(15(25)17(27)14(23)19(29)24(8)12)18(28)22-4-9-2-3-11(20)16(26)13(9)21/h2-3,5,8,12,26-27H,4,6-7H2,1H3,(H,22,28)/t8-,12+/m0/s1/i1D3. The van der Waals surface area contributed by atoms with Crippen molar-refractivity contribution in [2.45, 2.75) is 32.2 Å². The summed E-state index contributed by atoms with van der Waals surface area (Å²) in [6.45, 7) is -3.48. The number of carbonyl (C=O) groups is 2. The zero-order valence-corrected chi connectivity index (χ0v) is 15.2. The molecule has 1 aromatic carbocycles. The zero-order valence-electron chi connectivity index (χ0n) is 18.2. The Bertz CT molecular complexity index is 1230. The summed E-state index contributed by atoms with van der Waals surface area (Å²) in [5.74, 6) is -6.70. The van der Waals surface area contributed by atoms with Gasteiger partial charge in [0.15, 0.2) is 35.1 Å². The number of aromatic nitrogens is 1. The van der Waals surface area contributed by atoms with Gasteiger partial charge in [0, 0.05) is 22.4 Å². The van der Waals surface area contributed by atoms with E-state index in [1.54, 1.807) is 0 Å². The van der Waals surface area contributed by atoms with Crippen molar-refractivity contribution >= 4 is 11.8 Å². The van der Waals surface area contributed by atoms with Crippen molar-refractivity contribution in [2.75, 3.05) is 6.61 Å². The van der Waals surface area contributed by atoms with Crippen molar-refractivity contribution in [3.63, 3.8) is 0 Å². The maximum absolute atomic E-state index is 13.9. The van der Waals surface area contributed by atoms with E-state index in [1.807, 2.05) is 0 Å². The molecular weight excluding hydrogens is 404 g/mol. The summed E-state index contributed by atoms with van der Waals surface area (Å²) in [4.78, 5) is 39.0. The number of rotatable bonds is 3. The number of nitrogens with zero attached hydrogens (tertiary/aromatic N) is 2. The van der Waals surface area contributed by atoms with E-state index in [-0.39, 0.29) is 18.7 Å². The molecule has 1 saturated heterocycles. The molecule has 9 nitrogen and oxygen atoms in total. The molecule has 158 valence electrons. The van der Waals surface area contributed by atoms with E-state index in [4.69, 9.17) is 8.85 Å². The first-order valence-electron chi connectivity index (χ1n) is 10.3. The summed E-state index contributed by atoms with van der Waals surface area (Å²) in [6.07, 6.45) is 0.0245. The van der Waals surface area contributed by atoms with E-state index < -0.39 is 77.3 Å². The molecule has 0 unspecified atom stereocenters. The summed E-state index contributed by atoms with van der Waals surface area (Å²) in [5.41, 5.74) is -2.51. The second kappa shape index (κ2) is 7.10. The number of nitrogens with one attached hydrogen (secondary N) is 1. The second-order valence-corrected chi connectivity index (χ2v) is 6.79. The lowest BCUT2D eigenvalue weighted by atomic mass is 10.1. The highest BCUT2D eigenvalue weighted by molar-refractivity contribution is 5.99. The Hall–Kier alpha value is -3.47. The van der Waals surface area contributed by atoms with Crippen molar-refractivity contribution in [3.8, 4) is 11.5 Å². The van der Waals surface area contributed by atoms with E-state index in [0.717, 1.165) is 27.8 Å². The van der Waals surface area contributed by atoms with Crippen LogP contribution < -0.4 is 10.7 Å². The second-order valence-electron chi connectivity index (χ2n) is 6.79. The lowest BCUT2D eigenvalue weighted by Crippen LogP contribution is -2.49. The Morgan fingerprint density at radius 1 is 1.33 bits per heavy atom. The van der Waals surface area contributed by atoms with Gasteiger partial charge in [-0.1, -0.05) is 6.07 Å². The molecule has 2 aliphatic heterocycles. The van der Waals surface area contributed by atoms with Gasteiger partial charge in [-0.05, 0) is 12.9 Å². The SMILES string of the molecule is [2H]C([2H])([2H])[C@H]1CO[C@@H]2Cn3cc(C(=O)NCc4ccc(F)c(O)c4F)c(=O)c(O)c3C(=O)N21. The van der Waals surface area contributed by atoms with E-state index in [0.29, 0.717) is 0 Å². The van der Waals surface area contributed by atoms with Crippen LogP contribution in [0, 0.1) is 11.6 Å². The number of pyridine rings is 1. The number of phenols is 1. The summed E-state index contributed by atoms with van der Waals surface area (Å²) >= 11 is 0. The van der Waals surface area contributed by atoms with Crippen LogP contribution in [0.4, 0.5) is 8.78 Å². The number of amides is 2. The first kappa shape index (κ1) is 16.3. The van der Waals surface area contributed by atoms with Crippen molar-refractivity contribution in [1.82, 2.24) is 14.8 Å². The van der Waals surface area contributed by atoms with Crippen molar-refractivity contribution in [1.29, 1.82) is 0 Å². The lowest BCUT2D eigenvalue weighted by Gasteiger charge is -2.33. The van der Waals surface area contributed by atoms with E-state index in [1.165, 1.54) is 0 Å². The Balaban J connectivity index is 1.63. The molecule has 3 heterocycles. The average molecular weight is 424 g/mol. The number of halogens is 2. The van der Waals surface area contributed by atoms with Gasteiger partial charge in [0.2, 0.25) is 5.43 Å². The van der Waals surface area contributed by atoms with Gasteiger partial charge in [-0.2, -0.15) is 0 Å². The highest BCUT2D eigenvalue weighted by Gasteiger charge is 2.42. The molecule has 4 rings (SSSR count). The molecule has 3 N–H and O–H groups in total. The van der Waals surface area contributed by atoms with Gasteiger partial charge in [-0.3, -0.25) is 14.4 Å². The van der Waals surface area contributed by atoms with Crippen LogP contribution in [0.5, 0.6) is 11.5 Å². The van der Waals surface area contributed by atoms with Gasteiger partial charge >= 0.3 is 0 Å². The third kappa shape index (κ3) is 2.98. The molecule has 2 aromatic rings. The van der Waals surface area contributed by atoms with Gasteiger partial charge in [-0.25, -0.2) is 8.78 Å². The molecule has 0 radical (unpaired) electrons. The molecule has 0 aliphatic carbocycles. The van der Waals surface area contributed by atoms with Crippen LogP contribution in [-0.4, -0.2) is 50.4 Å². The number of hydrogen-bond acceptors (Lipinski definition) is 6. The monoisotopic (exact) mass is 424 g/mol. The molecule has 0 saturated carbocycles. The number of ether oxygens (including phenoxy) is 1. The Morgan fingerprint density at radius 3 is 2.83 bits per heavy atom. The predicted octanol–water partition coefficient (Wildman–Crippen LogP) is 0.668. The number of hydrogen-bond donors (Lipinski definition) is 3. The highest BCUT2D eigenvalue weighted by Crippen LogP contribution is 2.29.